The number of carbonyl (C=O) groups excluding carboxylic acids is 1. The van der Waals surface area contributed by atoms with Crippen molar-refractivity contribution in [1.82, 2.24) is 5.43 Å². The minimum atomic E-state index is -0.158. The zero-order chi connectivity index (χ0) is 20.5. The van der Waals surface area contributed by atoms with E-state index in [1.165, 1.54) is 5.56 Å². The van der Waals surface area contributed by atoms with Crippen molar-refractivity contribution < 1.29 is 14.3 Å². The van der Waals surface area contributed by atoms with E-state index in [0.717, 1.165) is 20.3 Å². The number of aryl methyl sites for hydroxylation is 2. The van der Waals surface area contributed by atoms with Crippen LogP contribution in [0, 0.1) is 17.4 Å². The van der Waals surface area contributed by atoms with Crippen LogP contribution in [-0.2, 0) is 11.2 Å². The fourth-order valence-electron chi connectivity index (χ4n) is 2.64. The SMILES string of the molecule is C=CCOc1c(I)cc(/C=N/NC(=O)Cc2ccc(C)cc2C)cc1OCC. The normalized spacial score (nSPS) is 10.7. The number of rotatable bonds is 9. The van der Waals surface area contributed by atoms with Crippen molar-refractivity contribution >= 4 is 34.7 Å². The van der Waals surface area contributed by atoms with Crippen molar-refractivity contribution in [1.29, 1.82) is 0 Å². The standard InChI is InChI=1S/C22H25IN2O3/c1-5-9-28-22-19(23)11-17(12-20(22)27-6-2)14-24-25-21(26)13-18-8-7-15(3)10-16(18)4/h5,7-8,10-12,14H,1,6,9,13H2,2-4H3,(H,25,26)/b24-14+. The highest BCUT2D eigenvalue weighted by atomic mass is 127. The molecular formula is C22H25IN2O3. The topological polar surface area (TPSA) is 59.9 Å². The summed E-state index contributed by atoms with van der Waals surface area (Å²) in [6.45, 7) is 10.5. The van der Waals surface area contributed by atoms with Gasteiger partial charge in [-0.15, -0.1) is 0 Å². The number of ether oxygens (including phenoxy) is 2. The van der Waals surface area contributed by atoms with E-state index in [1.54, 1.807) is 12.3 Å². The first kappa shape index (κ1) is 21.9. The minimum absolute atomic E-state index is 0.158. The lowest BCUT2D eigenvalue weighted by molar-refractivity contribution is -0.120. The quantitative estimate of drug-likeness (QED) is 0.242. The largest absolute Gasteiger partial charge is 0.490 e. The number of hydrogen-bond donors (Lipinski definition) is 1. The summed E-state index contributed by atoms with van der Waals surface area (Å²) < 4.78 is 12.3. The Morgan fingerprint density at radius 2 is 2.04 bits per heavy atom. The predicted molar refractivity (Wildman–Crippen MR) is 121 cm³/mol. The van der Waals surface area contributed by atoms with Crippen molar-refractivity contribution in [2.45, 2.75) is 27.2 Å². The molecule has 2 aromatic carbocycles. The lowest BCUT2D eigenvalue weighted by Gasteiger charge is -2.13. The van der Waals surface area contributed by atoms with E-state index in [9.17, 15) is 4.79 Å². The Balaban J connectivity index is 2.06. The van der Waals surface area contributed by atoms with E-state index in [2.05, 4.69) is 45.8 Å². The highest BCUT2D eigenvalue weighted by Crippen LogP contribution is 2.33. The fraction of sp³-hybridized carbons (Fsp3) is 0.273. The second-order valence-electron chi connectivity index (χ2n) is 6.26. The summed E-state index contributed by atoms with van der Waals surface area (Å²) in [5, 5.41) is 4.08. The third kappa shape index (κ3) is 6.37. The van der Waals surface area contributed by atoms with Gasteiger partial charge in [-0.2, -0.15) is 5.10 Å². The van der Waals surface area contributed by atoms with Crippen LogP contribution in [0.25, 0.3) is 0 Å². The Kier molecular flexibility index (Phi) is 8.50. The Morgan fingerprint density at radius 1 is 1.25 bits per heavy atom. The average molecular weight is 492 g/mol. The van der Waals surface area contributed by atoms with Gasteiger partial charge in [0.2, 0.25) is 5.91 Å². The number of nitrogens with one attached hydrogen (secondary N) is 1. The van der Waals surface area contributed by atoms with Gasteiger partial charge in [0.25, 0.3) is 0 Å². The average Bonchev–Trinajstić information content (AvgIpc) is 2.64. The van der Waals surface area contributed by atoms with Crippen LogP contribution in [-0.4, -0.2) is 25.3 Å². The molecule has 0 fully saturated rings. The number of nitrogens with zero attached hydrogens (tertiary/aromatic N) is 1. The van der Waals surface area contributed by atoms with Crippen molar-refractivity contribution in [3.05, 3.63) is 68.8 Å². The molecule has 0 saturated heterocycles. The van der Waals surface area contributed by atoms with Crippen molar-refractivity contribution in [3.8, 4) is 11.5 Å². The van der Waals surface area contributed by atoms with E-state index < -0.39 is 0 Å². The summed E-state index contributed by atoms with van der Waals surface area (Å²) in [5.41, 5.74) is 6.67. The Morgan fingerprint density at radius 3 is 2.71 bits per heavy atom. The number of benzene rings is 2. The summed E-state index contributed by atoms with van der Waals surface area (Å²) in [6.07, 6.45) is 3.58. The molecule has 148 valence electrons. The summed E-state index contributed by atoms with van der Waals surface area (Å²) >= 11 is 2.19. The molecule has 28 heavy (non-hydrogen) atoms. The molecule has 0 aromatic heterocycles. The monoisotopic (exact) mass is 492 g/mol. The molecule has 0 aliphatic carbocycles. The lowest BCUT2D eigenvalue weighted by Crippen LogP contribution is -2.20. The van der Waals surface area contributed by atoms with Gasteiger partial charge in [0, 0.05) is 0 Å². The highest BCUT2D eigenvalue weighted by Gasteiger charge is 2.11. The van der Waals surface area contributed by atoms with E-state index in [1.807, 2.05) is 45.0 Å². The highest BCUT2D eigenvalue weighted by molar-refractivity contribution is 14.1. The van der Waals surface area contributed by atoms with Crippen LogP contribution in [0.4, 0.5) is 0 Å². The summed E-state index contributed by atoms with van der Waals surface area (Å²) in [7, 11) is 0. The van der Waals surface area contributed by atoms with Crippen LogP contribution >= 0.6 is 22.6 Å². The molecule has 0 atom stereocenters. The molecule has 6 heteroatoms. The van der Waals surface area contributed by atoms with Gasteiger partial charge in [-0.1, -0.05) is 36.4 Å². The third-order valence-electron chi connectivity index (χ3n) is 3.93. The molecule has 0 bridgehead atoms. The molecule has 5 nitrogen and oxygen atoms in total. The zero-order valence-electron chi connectivity index (χ0n) is 16.4. The van der Waals surface area contributed by atoms with Crippen LogP contribution in [0.3, 0.4) is 0 Å². The Bertz CT molecular complexity index is 878. The fourth-order valence-corrected chi connectivity index (χ4v) is 3.42. The maximum atomic E-state index is 12.2. The van der Waals surface area contributed by atoms with Crippen molar-refractivity contribution in [2.75, 3.05) is 13.2 Å². The van der Waals surface area contributed by atoms with Crippen molar-refractivity contribution in [3.63, 3.8) is 0 Å². The molecule has 1 amide bonds. The maximum absolute atomic E-state index is 12.2. The van der Waals surface area contributed by atoms with E-state index in [4.69, 9.17) is 9.47 Å². The Labute approximate surface area is 180 Å². The van der Waals surface area contributed by atoms with E-state index in [0.29, 0.717) is 31.1 Å². The van der Waals surface area contributed by atoms with Crippen LogP contribution in [0.1, 0.15) is 29.2 Å². The lowest BCUT2D eigenvalue weighted by atomic mass is 10.0. The first-order chi connectivity index (χ1) is 13.4. The van der Waals surface area contributed by atoms with Gasteiger partial charge >= 0.3 is 0 Å². The molecule has 0 radical (unpaired) electrons. The molecule has 2 aromatic rings. The number of amides is 1. The molecule has 0 unspecified atom stereocenters. The second kappa shape index (κ2) is 10.8. The zero-order valence-corrected chi connectivity index (χ0v) is 18.6. The van der Waals surface area contributed by atoms with Crippen LogP contribution < -0.4 is 14.9 Å². The predicted octanol–water partition coefficient (Wildman–Crippen LogP) is 4.56. The van der Waals surface area contributed by atoms with E-state index in [-0.39, 0.29) is 5.91 Å². The molecule has 0 spiro atoms. The van der Waals surface area contributed by atoms with Gasteiger partial charge in [0.05, 0.1) is 22.8 Å². The second-order valence-corrected chi connectivity index (χ2v) is 7.42. The first-order valence-corrected chi connectivity index (χ1v) is 10.1. The van der Waals surface area contributed by atoms with Gasteiger partial charge in [0.1, 0.15) is 6.61 Å². The molecule has 0 aliphatic rings. The van der Waals surface area contributed by atoms with Gasteiger partial charge < -0.3 is 9.47 Å². The summed E-state index contributed by atoms with van der Waals surface area (Å²) in [6, 6.07) is 9.81. The molecule has 2 rings (SSSR count). The van der Waals surface area contributed by atoms with Crippen LogP contribution in [0.5, 0.6) is 11.5 Å². The summed E-state index contributed by atoms with van der Waals surface area (Å²) in [5.74, 6) is 1.16. The van der Waals surface area contributed by atoms with Gasteiger partial charge in [0.15, 0.2) is 11.5 Å². The maximum Gasteiger partial charge on any atom is 0.244 e. The molecular weight excluding hydrogens is 467 g/mol. The number of hydrogen-bond acceptors (Lipinski definition) is 4. The smallest absolute Gasteiger partial charge is 0.244 e. The van der Waals surface area contributed by atoms with Crippen LogP contribution in [0.15, 0.2) is 48.1 Å². The summed E-state index contributed by atoms with van der Waals surface area (Å²) in [4.78, 5) is 12.2. The van der Waals surface area contributed by atoms with Gasteiger partial charge in [-0.25, -0.2) is 5.43 Å². The van der Waals surface area contributed by atoms with E-state index >= 15 is 0 Å². The van der Waals surface area contributed by atoms with Gasteiger partial charge in [-0.05, 0) is 72.2 Å². The molecule has 0 saturated carbocycles. The minimum Gasteiger partial charge on any atom is -0.490 e. The van der Waals surface area contributed by atoms with Gasteiger partial charge in [-0.3, -0.25) is 4.79 Å². The van der Waals surface area contributed by atoms with Crippen LogP contribution in [0.2, 0.25) is 0 Å². The first-order valence-electron chi connectivity index (χ1n) is 9.02. The molecule has 0 heterocycles. The molecule has 0 aliphatic heterocycles. The Hall–Kier alpha value is -2.35. The molecule has 1 N–H and O–H groups in total. The van der Waals surface area contributed by atoms with Crippen molar-refractivity contribution in [2.24, 2.45) is 5.10 Å². The number of halogens is 1. The number of hydrazone groups is 1. The third-order valence-corrected chi connectivity index (χ3v) is 4.73. The number of carbonyl (C=O) groups is 1.